The molecule has 0 saturated heterocycles. The van der Waals surface area contributed by atoms with Gasteiger partial charge in [-0.2, -0.15) is 0 Å². The van der Waals surface area contributed by atoms with Crippen LogP contribution < -0.4 is 4.90 Å². The number of hydrogen-bond acceptors (Lipinski definition) is 6. The number of benzene rings is 1. The highest BCUT2D eigenvalue weighted by Gasteiger charge is 2.29. The van der Waals surface area contributed by atoms with Crippen LogP contribution in [-0.2, 0) is 4.79 Å². The number of carbonyl (C=O) groups is 1. The number of rotatable bonds is 5. The van der Waals surface area contributed by atoms with Crippen molar-refractivity contribution in [2.75, 3.05) is 11.9 Å². The zero-order valence-corrected chi connectivity index (χ0v) is 11.8. The van der Waals surface area contributed by atoms with Gasteiger partial charge in [0.15, 0.2) is 5.52 Å². The SMILES string of the molecule is CCC(C(=O)O)N(C)c1ccc2scnc2c1[N+](=O)[O-]. The summed E-state index contributed by atoms with van der Waals surface area (Å²) in [6.45, 7) is 1.72. The first kappa shape index (κ1) is 14.2. The standard InChI is InChI=1S/C12H13N3O4S/c1-3-7(12(16)17)14(2)8-4-5-9-10(13-6-20-9)11(8)15(18)19/h4-7H,3H2,1-2H3,(H,16,17). The summed E-state index contributed by atoms with van der Waals surface area (Å²) < 4.78 is 0.706. The minimum absolute atomic E-state index is 0.147. The fourth-order valence-corrected chi connectivity index (χ4v) is 2.83. The van der Waals surface area contributed by atoms with Crippen LogP contribution in [0.5, 0.6) is 0 Å². The topological polar surface area (TPSA) is 96.6 Å². The zero-order chi connectivity index (χ0) is 14.9. The lowest BCUT2D eigenvalue weighted by Gasteiger charge is -2.25. The van der Waals surface area contributed by atoms with Gasteiger partial charge < -0.3 is 10.0 Å². The van der Waals surface area contributed by atoms with Gasteiger partial charge in [-0.05, 0) is 18.6 Å². The summed E-state index contributed by atoms with van der Waals surface area (Å²) in [5.74, 6) is -1.01. The van der Waals surface area contributed by atoms with Gasteiger partial charge in [0.25, 0.3) is 0 Å². The second-order valence-corrected chi connectivity index (χ2v) is 5.15. The molecule has 106 valence electrons. The van der Waals surface area contributed by atoms with Gasteiger partial charge in [0.1, 0.15) is 11.7 Å². The molecule has 2 aromatic rings. The predicted octanol–water partition coefficient (Wildman–Crippen LogP) is 2.50. The van der Waals surface area contributed by atoms with E-state index in [1.807, 2.05) is 0 Å². The normalized spacial score (nSPS) is 12.3. The Morgan fingerprint density at radius 3 is 2.85 bits per heavy atom. The Bertz CT molecular complexity index is 670. The first-order chi connectivity index (χ1) is 9.47. The molecular weight excluding hydrogens is 282 g/mol. The third-order valence-electron chi connectivity index (χ3n) is 3.16. The quantitative estimate of drug-likeness (QED) is 0.672. The highest BCUT2D eigenvalue weighted by molar-refractivity contribution is 7.16. The van der Waals surface area contributed by atoms with Crippen LogP contribution in [0, 0.1) is 10.1 Å². The van der Waals surface area contributed by atoms with Crippen molar-refractivity contribution in [2.24, 2.45) is 0 Å². The van der Waals surface area contributed by atoms with Crippen LogP contribution in [-0.4, -0.2) is 34.1 Å². The van der Waals surface area contributed by atoms with Crippen LogP contribution in [0.2, 0.25) is 0 Å². The number of aromatic nitrogens is 1. The number of fused-ring (bicyclic) bond motifs is 1. The molecule has 0 radical (unpaired) electrons. The molecule has 1 aromatic carbocycles. The third-order valence-corrected chi connectivity index (χ3v) is 3.95. The number of aliphatic carboxylic acids is 1. The number of anilines is 1. The molecular formula is C12H13N3O4S. The monoisotopic (exact) mass is 295 g/mol. The minimum atomic E-state index is -1.01. The fraction of sp³-hybridized carbons (Fsp3) is 0.333. The Morgan fingerprint density at radius 1 is 1.60 bits per heavy atom. The molecule has 0 bridgehead atoms. The number of nitrogens with zero attached hydrogens (tertiary/aromatic N) is 3. The summed E-state index contributed by atoms with van der Waals surface area (Å²) in [7, 11) is 1.54. The molecule has 0 amide bonds. The Labute approximate surface area is 118 Å². The van der Waals surface area contributed by atoms with Crippen molar-refractivity contribution in [1.82, 2.24) is 4.98 Å². The largest absolute Gasteiger partial charge is 0.480 e. The summed E-state index contributed by atoms with van der Waals surface area (Å²) in [5.41, 5.74) is 1.95. The molecule has 0 aliphatic heterocycles. The predicted molar refractivity (Wildman–Crippen MR) is 76.4 cm³/mol. The number of carboxylic acid groups (broad SMARTS) is 1. The lowest BCUT2D eigenvalue weighted by atomic mass is 10.1. The Morgan fingerprint density at radius 2 is 2.30 bits per heavy atom. The van der Waals surface area contributed by atoms with Crippen LogP contribution in [0.15, 0.2) is 17.6 Å². The molecule has 1 unspecified atom stereocenters. The third kappa shape index (κ3) is 2.29. The first-order valence-electron chi connectivity index (χ1n) is 5.93. The van der Waals surface area contributed by atoms with Gasteiger partial charge in [0.05, 0.1) is 15.1 Å². The van der Waals surface area contributed by atoms with E-state index in [0.717, 1.165) is 0 Å². The maximum Gasteiger partial charge on any atom is 0.326 e. The summed E-state index contributed by atoms with van der Waals surface area (Å²) in [5, 5.41) is 20.5. The molecule has 7 nitrogen and oxygen atoms in total. The molecule has 1 N–H and O–H groups in total. The molecule has 8 heteroatoms. The number of likely N-dealkylation sites (N-methyl/N-ethyl adjacent to an activating group) is 1. The van der Waals surface area contributed by atoms with Gasteiger partial charge in [-0.15, -0.1) is 11.3 Å². The Balaban J connectivity index is 2.61. The van der Waals surface area contributed by atoms with Gasteiger partial charge in [0.2, 0.25) is 0 Å². The summed E-state index contributed by atoms with van der Waals surface area (Å²) in [6.07, 6.45) is 0.345. The average Bonchev–Trinajstić information content (AvgIpc) is 2.85. The van der Waals surface area contributed by atoms with E-state index in [1.54, 1.807) is 26.1 Å². The van der Waals surface area contributed by atoms with Crippen molar-refractivity contribution < 1.29 is 14.8 Å². The molecule has 20 heavy (non-hydrogen) atoms. The van der Waals surface area contributed by atoms with E-state index < -0.39 is 16.9 Å². The van der Waals surface area contributed by atoms with Crippen LogP contribution in [0.1, 0.15) is 13.3 Å². The zero-order valence-electron chi connectivity index (χ0n) is 10.9. The first-order valence-corrected chi connectivity index (χ1v) is 6.81. The van der Waals surface area contributed by atoms with Crippen LogP contribution >= 0.6 is 11.3 Å². The Kier molecular flexibility index (Phi) is 3.84. The number of carboxylic acids is 1. The van der Waals surface area contributed by atoms with Crippen molar-refractivity contribution in [3.8, 4) is 0 Å². The van der Waals surface area contributed by atoms with Crippen LogP contribution in [0.3, 0.4) is 0 Å². The summed E-state index contributed by atoms with van der Waals surface area (Å²) in [4.78, 5) is 27.5. The second kappa shape index (κ2) is 5.41. The molecule has 1 aromatic heterocycles. The average molecular weight is 295 g/mol. The molecule has 1 heterocycles. The van der Waals surface area contributed by atoms with Gasteiger partial charge in [-0.1, -0.05) is 6.92 Å². The highest BCUT2D eigenvalue weighted by atomic mass is 32.1. The lowest BCUT2D eigenvalue weighted by Crippen LogP contribution is -2.38. The van der Waals surface area contributed by atoms with Crippen molar-refractivity contribution in [2.45, 2.75) is 19.4 Å². The number of thiazole rings is 1. The summed E-state index contributed by atoms with van der Waals surface area (Å²) in [6, 6.07) is 2.48. The van der Waals surface area contributed by atoms with Crippen molar-refractivity contribution in [1.29, 1.82) is 0 Å². The Hall–Kier alpha value is -2.22. The molecule has 0 aliphatic rings. The molecule has 0 saturated carbocycles. The molecule has 0 spiro atoms. The molecule has 1 atom stereocenters. The van der Waals surface area contributed by atoms with Crippen molar-refractivity contribution in [3.05, 3.63) is 27.8 Å². The van der Waals surface area contributed by atoms with Gasteiger partial charge >= 0.3 is 11.7 Å². The van der Waals surface area contributed by atoms with Gasteiger partial charge in [-0.3, -0.25) is 10.1 Å². The number of nitro groups is 1. The maximum absolute atomic E-state index is 11.3. The minimum Gasteiger partial charge on any atom is -0.480 e. The highest BCUT2D eigenvalue weighted by Crippen LogP contribution is 2.37. The van der Waals surface area contributed by atoms with E-state index in [-0.39, 0.29) is 11.4 Å². The van der Waals surface area contributed by atoms with E-state index in [0.29, 0.717) is 16.6 Å². The maximum atomic E-state index is 11.3. The van der Waals surface area contributed by atoms with E-state index >= 15 is 0 Å². The molecule has 0 aliphatic carbocycles. The van der Waals surface area contributed by atoms with Crippen LogP contribution in [0.4, 0.5) is 11.4 Å². The van der Waals surface area contributed by atoms with Crippen molar-refractivity contribution in [3.63, 3.8) is 0 Å². The van der Waals surface area contributed by atoms with E-state index in [4.69, 9.17) is 0 Å². The van der Waals surface area contributed by atoms with E-state index in [1.165, 1.54) is 21.7 Å². The molecule has 0 fully saturated rings. The smallest absolute Gasteiger partial charge is 0.326 e. The second-order valence-electron chi connectivity index (χ2n) is 4.26. The van der Waals surface area contributed by atoms with E-state index in [9.17, 15) is 20.0 Å². The van der Waals surface area contributed by atoms with Crippen LogP contribution in [0.25, 0.3) is 10.2 Å². The van der Waals surface area contributed by atoms with E-state index in [2.05, 4.69) is 4.98 Å². The van der Waals surface area contributed by atoms with Gasteiger partial charge in [0, 0.05) is 7.05 Å². The molecule has 2 rings (SSSR count). The number of hydrogen-bond donors (Lipinski definition) is 1. The fourth-order valence-electron chi connectivity index (χ4n) is 2.15. The lowest BCUT2D eigenvalue weighted by molar-refractivity contribution is -0.382. The summed E-state index contributed by atoms with van der Waals surface area (Å²) >= 11 is 1.31. The number of nitro benzene ring substituents is 1. The van der Waals surface area contributed by atoms with Gasteiger partial charge in [-0.25, -0.2) is 9.78 Å². The van der Waals surface area contributed by atoms with Crippen molar-refractivity contribution >= 4 is 38.9 Å².